The van der Waals surface area contributed by atoms with Gasteiger partial charge in [-0.15, -0.1) is 0 Å². The molecule has 0 spiro atoms. The Bertz CT molecular complexity index is 405. The molecule has 0 aromatic carbocycles. The Hall–Kier alpha value is -1.36. The lowest BCUT2D eigenvalue weighted by atomic mass is 9.98. The molecule has 0 aliphatic heterocycles. The Morgan fingerprint density at radius 2 is 1.85 bits per heavy atom. The summed E-state index contributed by atoms with van der Waals surface area (Å²) in [5.41, 5.74) is 0. The van der Waals surface area contributed by atoms with Gasteiger partial charge in [-0.25, -0.2) is 9.97 Å². The van der Waals surface area contributed by atoms with Gasteiger partial charge in [-0.1, -0.05) is 19.3 Å². The van der Waals surface area contributed by atoms with Crippen LogP contribution in [0.5, 0.6) is 0 Å². The second-order valence-electron chi connectivity index (χ2n) is 5.27. The third-order valence-corrected chi connectivity index (χ3v) is 3.51. The van der Waals surface area contributed by atoms with Gasteiger partial charge in [-0.3, -0.25) is 0 Å². The molecule has 2 N–H and O–H groups in total. The number of nitrogens with one attached hydrogen (secondary N) is 2. The molecule has 1 aliphatic rings. The van der Waals surface area contributed by atoms with Crippen molar-refractivity contribution in [3.63, 3.8) is 0 Å². The minimum atomic E-state index is 0.468. The average Bonchev–Trinajstić information content (AvgIpc) is 2.45. The maximum atomic E-state index is 5.89. The normalized spacial score (nSPS) is 16.1. The van der Waals surface area contributed by atoms with Crippen LogP contribution in [0.15, 0.2) is 6.07 Å². The molecule has 112 valence electrons. The first-order valence-electron chi connectivity index (χ1n) is 7.73. The molecule has 1 aliphatic carbocycles. The first kappa shape index (κ1) is 15.0. The Balaban J connectivity index is 1.72. The van der Waals surface area contributed by atoms with Gasteiger partial charge in [-0.2, -0.15) is 0 Å². The van der Waals surface area contributed by atoms with Crippen molar-refractivity contribution in [2.24, 2.45) is 0 Å². The summed E-state index contributed by atoms with van der Waals surface area (Å²) in [5, 5.41) is 6.52. The first-order valence-corrected chi connectivity index (χ1v) is 7.73. The highest BCUT2D eigenvalue weighted by Crippen LogP contribution is 2.20. The second-order valence-corrected chi connectivity index (χ2v) is 5.27. The number of ether oxygens (including phenoxy) is 1. The van der Waals surface area contributed by atoms with Crippen LogP contribution in [0.4, 0.5) is 11.6 Å². The summed E-state index contributed by atoms with van der Waals surface area (Å²) in [6, 6.07) is 1.94. The monoisotopic (exact) mass is 278 g/mol. The number of rotatable bonds is 7. The van der Waals surface area contributed by atoms with Crippen LogP contribution in [0.1, 0.15) is 44.9 Å². The molecule has 20 heavy (non-hydrogen) atoms. The van der Waals surface area contributed by atoms with E-state index in [1.807, 2.05) is 13.0 Å². The maximum absolute atomic E-state index is 5.89. The van der Waals surface area contributed by atoms with Crippen molar-refractivity contribution in [2.75, 3.05) is 30.3 Å². The number of aryl methyl sites for hydroxylation is 1. The molecule has 0 atom stereocenters. The molecule has 2 rings (SSSR count). The van der Waals surface area contributed by atoms with Crippen LogP contribution in [0, 0.1) is 6.92 Å². The Labute approximate surface area is 121 Å². The van der Waals surface area contributed by atoms with Crippen molar-refractivity contribution in [3.8, 4) is 0 Å². The van der Waals surface area contributed by atoms with Gasteiger partial charge in [0.25, 0.3) is 0 Å². The average molecular weight is 278 g/mol. The molecular formula is C15H26N4O. The lowest BCUT2D eigenvalue weighted by Crippen LogP contribution is -2.20. The predicted octanol–water partition coefficient (Wildman–Crippen LogP) is 2.98. The molecule has 1 heterocycles. The van der Waals surface area contributed by atoms with Crippen LogP contribution in [0.25, 0.3) is 0 Å². The Kier molecular flexibility index (Phi) is 6.05. The minimum absolute atomic E-state index is 0.468. The van der Waals surface area contributed by atoms with Gasteiger partial charge in [0.1, 0.15) is 17.5 Å². The van der Waals surface area contributed by atoms with Crippen LogP contribution in [0.3, 0.4) is 0 Å². The fourth-order valence-electron chi connectivity index (χ4n) is 2.57. The highest BCUT2D eigenvalue weighted by molar-refractivity contribution is 5.47. The zero-order valence-corrected chi connectivity index (χ0v) is 12.6. The van der Waals surface area contributed by atoms with E-state index in [0.717, 1.165) is 37.2 Å². The van der Waals surface area contributed by atoms with Crippen LogP contribution >= 0.6 is 0 Å². The van der Waals surface area contributed by atoms with E-state index in [2.05, 4.69) is 27.5 Å². The maximum Gasteiger partial charge on any atom is 0.131 e. The molecule has 0 unspecified atom stereocenters. The van der Waals surface area contributed by atoms with Gasteiger partial charge in [-0.05, 0) is 26.7 Å². The van der Waals surface area contributed by atoms with Gasteiger partial charge >= 0.3 is 0 Å². The van der Waals surface area contributed by atoms with Crippen molar-refractivity contribution in [1.82, 2.24) is 9.97 Å². The molecular weight excluding hydrogens is 252 g/mol. The molecule has 0 bridgehead atoms. The molecule has 1 aromatic heterocycles. The van der Waals surface area contributed by atoms with Crippen LogP contribution in [0.2, 0.25) is 0 Å². The lowest BCUT2D eigenvalue weighted by Gasteiger charge is -2.22. The van der Waals surface area contributed by atoms with Crippen LogP contribution < -0.4 is 10.6 Å². The highest BCUT2D eigenvalue weighted by atomic mass is 16.5. The van der Waals surface area contributed by atoms with E-state index in [1.54, 1.807) is 0 Å². The Morgan fingerprint density at radius 3 is 2.55 bits per heavy atom. The van der Waals surface area contributed by atoms with Crippen molar-refractivity contribution in [1.29, 1.82) is 0 Å². The van der Waals surface area contributed by atoms with Gasteiger partial charge in [0.15, 0.2) is 0 Å². The quantitative estimate of drug-likeness (QED) is 0.751. The molecule has 5 nitrogen and oxygen atoms in total. The van der Waals surface area contributed by atoms with E-state index in [0.29, 0.717) is 6.10 Å². The smallest absolute Gasteiger partial charge is 0.131 e. The number of hydrogen-bond donors (Lipinski definition) is 2. The van der Waals surface area contributed by atoms with Crippen molar-refractivity contribution in [3.05, 3.63) is 11.9 Å². The van der Waals surface area contributed by atoms with Crippen molar-refractivity contribution < 1.29 is 4.74 Å². The fourth-order valence-corrected chi connectivity index (χ4v) is 2.57. The zero-order valence-electron chi connectivity index (χ0n) is 12.6. The van der Waals surface area contributed by atoms with E-state index in [9.17, 15) is 0 Å². The second kappa shape index (κ2) is 8.04. The van der Waals surface area contributed by atoms with Crippen molar-refractivity contribution >= 4 is 11.6 Å². The lowest BCUT2D eigenvalue weighted by molar-refractivity contribution is 0.0347. The van der Waals surface area contributed by atoms with E-state index >= 15 is 0 Å². The van der Waals surface area contributed by atoms with E-state index in [4.69, 9.17) is 4.74 Å². The minimum Gasteiger partial charge on any atom is -0.376 e. The standard InChI is InChI=1S/C15H26N4O/c1-3-16-14-11-15(19-12(2)18-14)17-9-10-20-13-7-5-4-6-8-13/h11,13H,3-10H2,1-2H3,(H2,16,17,18,19). The zero-order chi connectivity index (χ0) is 14.2. The SMILES string of the molecule is CCNc1cc(NCCOC2CCCCC2)nc(C)n1. The van der Waals surface area contributed by atoms with Crippen LogP contribution in [-0.2, 0) is 4.74 Å². The first-order chi connectivity index (χ1) is 9.78. The van der Waals surface area contributed by atoms with Gasteiger partial charge in [0.2, 0.25) is 0 Å². The predicted molar refractivity (Wildman–Crippen MR) is 82.2 cm³/mol. The molecule has 1 fully saturated rings. The number of anilines is 2. The van der Waals surface area contributed by atoms with E-state index in [1.165, 1.54) is 32.1 Å². The van der Waals surface area contributed by atoms with E-state index in [-0.39, 0.29) is 0 Å². The Morgan fingerprint density at radius 1 is 1.15 bits per heavy atom. The summed E-state index contributed by atoms with van der Waals surface area (Å²) >= 11 is 0. The molecule has 1 aromatic rings. The summed E-state index contributed by atoms with van der Waals surface area (Å²) in [4.78, 5) is 8.71. The third kappa shape index (κ3) is 4.96. The fraction of sp³-hybridized carbons (Fsp3) is 0.733. The number of aromatic nitrogens is 2. The third-order valence-electron chi connectivity index (χ3n) is 3.51. The van der Waals surface area contributed by atoms with E-state index < -0.39 is 0 Å². The molecule has 0 saturated heterocycles. The summed E-state index contributed by atoms with van der Waals surface area (Å²) in [5.74, 6) is 2.51. The molecule has 1 saturated carbocycles. The highest BCUT2D eigenvalue weighted by Gasteiger charge is 2.13. The van der Waals surface area contributed by atoms with Gasteiger partial charge in [0, 0.05) is 19.2 Å². The van der Waals surface area contributed by atoms with Crippen molar-refractivity contribution in [2.45, 2.75) is 52.1 Å². The molecule has 0 radical (unpaired) electrons. The summed E-state index contributed by atoms with van der Waals surface area (Å²) in [6.45, 7) is 6.36. The van der Waals surface area contributed by atoms with Crippen LogP contribution in [-0.4, -0.2) is 35.8 Å². The van der Waals surface area contributed by atoms with Gasteiger partial charge < -0.3 is 15.4 Å². The topological polar surface area (TPSA) is 59.1 Å². The molecule has 5 heteroatoms. The number of nitrogens with zero attached hydrogens (tertiary/aromatic N) is 2. The number of hydrogen-bond acceptors (Lipinski definition) is 5. The largest absolute Gasteiger partial charge is 0.376 e. The molecule has 0 amide bonds. The van der Waals surface area contributed by atoms with Gasteiger partial charge in [0.05, 0.1) is 12.7 Å². The summed E-state index contributed by atoms with van der Waals surface area (Å²) < 4.78 is 5.89. The summed E-state index contributed by atoms with van der Waals surface area (Å²) in [6.07, 6.45) is 6.90. The summed E-state index contributed by atoms with van der Waals surface area (Å²) in [7, 11) is 0.